The first-order chi connectivity index (χ1) is 25.3. The molecule has 7 aromatic carbocycles. The molecular formula is C45H28N4OS. The first-order valence-corrected chi connectivity index (χ1v) is 17.9. The van der Waals surface area contributed by atoms with Gasteiger partial charge >= 0.3 is 0 Å². The first-order valence-electron chi connectivity index (χ1n) is 17.1. The zero-order valence-corrected chi connectivity index (χ0v) is 28.1. The van der Waals surface area contributed by atoms with Gasteiger partial charge in [0, 0.05) is 53.7 Å². The van der Waals surface area contributed by atoms with Crippen LogP contribution in [0.3, 0.4) is 0 Å². The molecule has 1 aliphatic heterocycles. The predicted octanol–water partition coefficient (Wildman–Crippen LogP) is 11.5. The van der Waals surface area contributed by atoms with Gasteiger partial charge in [-0.2, -0.15) is 0 Å². The molecule has 0 spiro atoms. The Morgan fingerprint density at radius 3 is 2.24 bits per heavy atom. The molecule has 0 amide bonds. The Morgan fingerprint density at radius 1 is 0.588 bits per heavy atom. The van der Waals surface area contributed by atoms with Crippen molar-refractivity contribution in [1.82, 2.24) is 9.88 Å². The third-order valence-corrected chi connectivity index (χ3v) is 11.3. The van der Waals surface area contributed by atoms with Gasteiger partial charge in [0.05, 0.1) is 21.4 Å². The van der Waals surface area contributed by atoms with E-state index in [0.717, 1.165) is 55.7 Å². The van der Waals surface area contributed by atoms with E-state index in [0.29, 0.717) is 5.84 Å². The number of thiophene rings is 1. The van der Waals surface area contributed by atoms with Crippen LogP contribution in [0.25, 0.3) is 69.6 Å². The van der Waals surface area contributed by atoms with Crippen LogP contribution >= 0.6 is 11.3 Å². The van der Waals surface area contributed by atoms with E-state index in [1.807, 2.05) is 53.8 Å². The van der Waals surface area contributed by atoms with Gasteiger partial charge in [-0.1, -0.05) is 127 Å². The number of aliphatic imine (C=N–C) groups is 2. The fourth-order valence-electron chi connectivity index (χ4n) is 7.84. The van der Waals surface area contributed by atoms with Crippen LogP contribution in [0.1, 0.15) is 22.9 Å². The lowest BCUT2D eigenvalue weighted by molar-refractivity contribution is 0.667. The average molecular weight is 673 g/mol. The minimum Gasteiger partial charge on any atom is -0.456 e. The van der Waals surface area contributed by atoms with Crippen LogP contribution in [0.15, 0.2) is 172 Å². The van der Waals surface area contributed by atoms with Gasteiger partial charge in [-0.25, -0.2) is 9.98 Å². The molecule has 51 heavy (non-hydrogen) atoms. The number of fused-ring (bicyclic) bond motifs is 10. The normalized spacial score (nSPS) is 14.9. The number of benzene rings is 7. The quantitative estimate of drug-likeness (QED) is 0.202. The summed E-state index contributed by atoms with van der Waals surface area (Å²) in [6.07, 6.45) is -0.421. The maximum atomic E-state index is 6.29. The molecule has 0 radical (unpaired) electrons. The fraction of sp³-hybridized carbons (Fsp3) is 0.0222. The average Bonchev–Trinajstić information content (AvgIpc) is 3.88. The number of amidine groups is 2. The Bertz CT molecular complexity index is 3070. The van der Waals surface area contributed by atoms with Crippen molar-refractivity contribution in [2.24, 2.45) is 9.98 Å². The molecule has 1 unspecified atom stereocenters. The lowest BCUT2D eigenvalue weighted by Gasteiger charge is -2.26. The van der Waals surface area contributed by atoms with Crippen LogP contribution in [-0.2, 0) is 0 Å². The van der Waals surface area contributed by atoms with E-state index in [1.54, 1.807) is 0 Å². The van der Waals surface area contributed by atoms with Crippen molar-refractivity contribution >= 4 is 86.9 Å². The van der Waals surface area contributed by atoms with Crippen LogP contribution in [0, 0.1) is 0 Å². The molecule has 5 nitrogen and oxygen atoms in total. The molecule has 11 rings (SSSR count). The maximum absolute atomic E-state index is 6.29. The highest BCUT2D eigenvalue weighted by atomic mass is 32.1. The molecule has 4 heterocycles. The summed E-state index contributed by atoms with van der Waals surface area (Å²) in [6.45, 7) is 0. The zero-order valence-electron chi connectivity index (χ0n) is 27.2. The van der Waals surface area contributed by atoms with Crippen LogP contribution in [-0.4, -0.2) is 16.2 Å². The molecule has 0 saturated heterocycles. The number of hydrogen-bond donors (Lipinski definition) is 1. The molecule has 3 aromatic heterocycles. The van der Waals surface area contributed by atoms with Crippen molar-refractivity contribution in [2.75, 3.05) is 0 Å². The van der Waals surface area contributed by atoms with Gasteiger partial charge in [-0.15, -0.1) is 11.3 Å². The number of hydrogen-bond acceptors (Lipinski definition) is 5. The van der Waals surface area contributed by atoms with Gasteiger partial charge in [0.2, 0.25) is 0 Å². The predicted molar refractivity (Wildman–Crippen MR) is 213 cm³/mol. The summed E-state index contributed by atoms with van der Waals surface area (Å²) >= 11 is 1.86. The number of furan rings is 1. The Kier molecular flexibility index (Phi) is 6.12. The molecule has 6 heteroatoms. The number of para-hydroxylation sites is 3. The van der Waals surface area contributed by atoms with Crippen LogP contribution in [0.2, 0.25) is 0 Å². The van der Waals surface area contributed by atoms with Crippen molar-refractivity contribution in [3.8, 4) is 5.69 Å². The number of nitrogens with one attached hydrogen (secondary N) is 1. The summed E-state index contributed by atoms with van der Waals surface area (Å²) < 4.78 is 11.3. The van der Waals surface area contributed by atoms with Gasteiger partial charge in [0.1, 0.15) is 23.2 Å². The van der Waals surface area contributed by atoms with Crippen molar-refractivity contribution < 1.29 is 4.42 Å². The largest absolute Gasteiger partial charge is 0.456 e. The van der Waals surface area contributed by atoms with Crippen LogP contribution in [0.5, 0.6) is 0 Å². The minimum atomic E-state index is -0.421. The molecule has 1 N–H and O–H groups in total. The van der Waals surface area contributed by atoms with E-state index in [-0.39, 0.29) is 0 Å². The number of aromatic nitrogens is 1. The topological polar surface area (TPSA) is 54.8 Å². The Hall–Kier alpha value is -6.50. The molecule has 0 bridgehead atoms. The van der Waals surface area contributed by atoms with Crippen molar-refractivity contribution in [3.05, 3.63) is 174 Å². The van der Waals surface area contributed by atoms with Gasteiger partial charge < -0.3 is 14.3 Å². The smallest absolute Gasteiger partial charge is 0.160 e. The Labute approximate surface area is 296 Å². The van der Waals surface area contributed by atoms with Gasteiger partial charge in [-0.3, -0.25) is 0 Å². The third kappa shape index (κ3) is 4.27. The van der Waals surface area contributed by atoms with Crippen molar-refractivity contribution in [3.63, 3.8) is 0 Å². The third-order valence-electron chi connectivity index (χ3n) is 10.1. The zero-order chi connectivity index (χ0) is 33.5. The summed E-state index contributed by atoms with van der Waals surface area (Å²) in [7, 11) is 0. The summed E-state index contributed by atoms with van der Waals surface area (Å²) in [4.78, 5) is 10.6. The molecule has 1 atom stereocenters. The summed E-state index contributed by atoms with van der Waals surface area (Å²) in [5.41, 5.74) is 8.13. The van der Waals surface area contributed by atoms with Crippen molar-refractivity contribution in [1.29, 1.82) is 0 Å². The molecule has 0 fully saturated rings. The number of rotatable bonds is 4. The SMILES string of the molecule is c1ccc(C2=NC(c3cccc4oc5ccccc5c34)=NC(c3ccccc3-n3c4ccccc4c4ccc5c6ccccc6sc5c43)N2)cc1. The highest BCUT2D eigenvalue weighted by Crippen LogP contribution is 2.44. The highest BCUT2D eigenvalue weighted by molar-refractivity contribution is 7.26. The lowest BCUT2D eigenvalue weighted by Crippen LogP contribution is -2.34. The molecule has 240 valence electrons. The second kappa shape index (κ2) is 11.0. The maximum Gasteiger partial charge on any atom is 0.160 e. The number of nitrogens with zero attached hydrogens (tertiary/aromatic N) is 3. The van der Waals surface area contributed by atoms with E-state index >= 15 is 0 Å². The van der Waals surface area contributed by atoms with Gasteiger partial charge in [-0.05, 0) is 30.3 Å². The second-order valence-electron chi connectivity index (χ2n) is 13.0. The summed E-state index contributed by atoms with van der Waals surface area (Å²) in [5.74, 6) is 1.44. The van der Waals surface area contributed by atoms with E-state index in [9.17, 15) is 0 Å². The fourth-order valence-corrected chi connectivity index (χ4v) is 9.08. The molecule has 10 aromatic rings. The molecular weight excluding hydrogens is 645 g/mol. The van der Waals surface area contributed by atoms with Crippen LogP contribution in [0.4, 0.5) is 0 Å². The van der Waals surface area contributed by atoms with Gasteiger partial charge in [0.15, 0.2) is 5.84 Å². The molecule has 1 aliphatic rings. The first kappa shape index (κ1) is 28.3. The van der Waals surface area contributed by atoms with Crippen LogP contribution < -0.4 is 5.32 Å². The van der Waals surface area contributed by atoms with Crippen molar-refractivity contribution in [2.45, 2.75) is 6.17 Å². The summed E-state index contributed by atoms with van der Waals surface area (Å²) in [6, 6.07) is 55.3. The second-order valence-corrected chi connectivity index (χ2v) is 14.0. The minimum absolute atomic E-state index is 0.421. The highest BCUT2D eigenvalue weighted by Gasteiger charge is 2.27. The van der Waals surface area contributed by atoms with E-state index in [4.69, 9.17) is 14.4 Å². The summed E-state index contributed by atoms with van der Waals surface area (Å²) in [5, 5.41) is 10.9. The Balaban J connectivity index is 1.18. The lowest BCUT2D eigenvalue weighted by atomic mass is 10.0. The van der Waals surface area contributed by atoms with Gasteiger partial charge in [0.25, 0.3) is 0 Å². The van der Waals surface area contributed by atoms with E-state index < -0.39 is 6.17 Å². The van der Waals surface area contributed by atoms with E-state index in [2.05, 4.69) is 125 Å². The van der Waals surface area contributed by atoms with E-state index in [1.165, 1.54) is 36.5 Å². The molecule has 0 aliphatic carbocycles. The standard InChI is InChI=1S/C45H28N4OS/c1-2-13-27(14-3-1)43-46-44(48-45(47-43)34-19-12-23-38-40(34)33-18-6-10-22-37(33)50-38)32-17-5-9-21-36(32)49-35-20-8-4-15-28(35)30-25-26-31-29-16-7-11-24-39(29)51-42(31)41(30)49/h1-26,44H,(H,46,47,48). The Morgan fingerprint density at radius 2 is 1.31 bits per heavy atom. The molecule has 0 saturated carbocycles. The monoisotopic (exact) mass is 672 g/mol.